The molecule has 1 amide bonds. The van der Waals surface area contributed by atoms with Crippen LogP contribution in [-0.2, 0) is 6.54 Å². The van der Waals surface area contributed by atoms with Crippen molar-refractivity contribution in [2.24, 2.45) is 5.41 Å². The first kappa shape index (κ1) is 23.6. The summed E-state index contributed by atoms with van der Waals surface area (Å²) in [5, 5.41) is 10.9. The third-order valence-corrected chi connectivity index (χ3v) is 5.30. The molecule has 2 heterocycles. The molecule has 0 saturated carbocycles. The van der Waals surface area contributed by atoms with E-state index >= 15 is 0 Å². The van der Waals surface area contributed by atoms with Crippen molar-refractivity contribution in [2.75, 3.05) is 44.8 Å². The molecule has 1 aliphatic heterocycles. The van der Waals surface area contributed by atoms with Gasteiger partial charge in [0, 0.05) is 56.6 Å². The molecule has 0 unspecified atom stereocenters. The Morgan fingerprint density at radius 1 is 1.16 bits per heavy atom. The first-order valence-corrected chi connectivity index (χ1v) is 11.0. The number of amides is 1. The monoisotopic (exact) mass is 435 g/mol. The van der Waals surface area contributed by atoms with E-state index < -0.39 is 0 Å². The quantitative estimate of drug-likeness (QED) is 0.698. The predicted octanol–water partition coefficient (Wildman–Crippen LogP) is 2.60. The summed E-state index contributed by atoms with van der Waals surface area (Å²) in [6.45, 7) is 13.8. The molecular formula is C24H33N7O. The second-order valence-corrected chi connectivity index (χ2v) is 9.67. The topological polar surface area (TPSA) is 88.4 Å². The summed E-state index contributed by atoms with van der Waals surface area (Å²) in [5.74, 6) is 0.376. The minimum atomic E-state index is -0.213. The summed E-state index contributed by atoms with van der Waals surface area (Å²) < 4.78 is 0. The maximum atomic E-state index is 13.0. The molecule has 3 rings (SSSR count). The highest BCUT2D eigenvalue weighted by Crippen LogP contribution is 2.20. The van der Waals surface area contributed by atoms with E-state index in [1.165, 1.54) is 5.56 Å². The Bertz CT molecular complexity index is 967. The van der Waals surface area contributed by atoms with Crippen molar-refractivity contribution in [1.29, 1.82) is 5.26 Å². The lowest BCUT2D eigenvalue weighted by molar-refractivity contribution is 0.0945. The summed E-state index contributed by atoms with van der Waals surface area (Å²) in [6, 6.07) is 11.5. The normalized spacial score (nSPS) is 15.2. The summed E-state index contributed by atoms with van der Waals surface area (Å²) in [6.07, 6.45) is 0. The number of piperazine rings is 1. The van der Waals surface area contributed by atoms with Crippen LogP contribution >= 0.6 is 0 Å². The minimum Gasteiger partial charge on any atom is -0.304 e. The van der Waals surface area contributed by atoms with Gasteiger partial charge in [-0.25, -0.2) is 4.98 Å². The Kier molecular flexibility index (Phi) is 7.44. The van der Waals surface area contributed by atoms with Crippen LogP contribution in [-0.4, -0.2) is 65.4 Å². The fourth-order valence-electron chi connectivity index (χ4n) is 3.61. The third kappa shape index (κ3) is 6.74. The zero-order valence-electron chi connectivity index (χ0n) is 19.7. The first-order chi connectivity index (χ1) is 15.1. The molecular weight excluding hydrogens is 402 g/mol. The van der Waals surface area contributed by atoms with Gasteiger partial charge in [0.1, 0.15) is 6.07 Å². The van der Waals surface area contributed by atoms with Gasteiger partial charge in [-0.3, -0.25) is 20.1 Å². The summed E-state index contributed by atoms with van der Waals surface area (Å²) in [4.78, 5) is 26.2. The number of carbonyl (C=O) groups is 1. The fourth-order valence-corrected chi connectivity index (χ4v) is 3.61. The van der Waals surface area contributed by atoms with Crippen molar-refractivity contribution in [3.8, 4) is 6.07 Å². The van der Waals surface area contributed by atoms with E-state index in [0.717, 1.165) is 32.7 Å². The number of nitrogens with one attached hydrogen (secondary N) is 1. The lowest BCUT2D eigenvalue weighted by atomic mass is 9.96. The lowest BCUT2D eigenvalue weighted by Gasteiger charge is -2.32. The van der Waals surface area contributed by atoms with E-state index in [0.29, 0.717) is 23.6 Å². The second-order valence-electron chi connectivity index (χ2n) is 9.67. The van der Waals surface area contributed by atoms with Gasteiger partial charge in [0.2, 0.25) is 5.82 Å². The number of aromatic nitrogens is 2. The molecule has 0 bridgehead atoms. The van der Waals surface area contributed by atoms with Crippen molar-refractivity contribution in [3.63, 3.8) is 0 Å². The van der Waals surface area contributed by atoms with Gasteiger partial charge in [0.15, 0.2) is 5.82 Å². The zero-order chi connectivity index (χ0) is 23.3. The van der Waals surface area contributed by atoms with Crippen molar-refractivity contribution in [2.45, 2.75) is 34.2 Å². The number of likely N-dealkylation sites (N-methyl/N-ethyl adjacent to an activating group) is 1. The molecule has 2 aromatic rings. The average Bonchev–Trinajstić information content (AvgIpc) is 2.74. The largest absolute Gasteiger partial charge is 0.304 e. The van der Waals surface area contributed by atoms with Gasteiger partial charge in [-0.2, -0.15) is 10.2 Å². The maximum absolute atomic E-state index is 13.0. The first-order valence-electron chi connectivity index (χ1n) is 11.0. The molecule has 1 aliphatic rings. The van der Waals surface area contributed by atoms with Crippen LogP contribution in [0.2, 0.25) is 0 Å². The van der Waals surface area contributed by atoms with Crippen molar-refractivity contribution < 1.29 is 4.79 Å². The van der Waals surface area contributed by atoms with Gasteiger partial charge in [0.05, 0.1) is 0 Å². The van der Waals surface area contributed by atoms with E-state index in [9.17, 15) is 10.1 Å². The number of carbonyl (C=O) groups excluding carboxylic acids is 1. The highest BCUT2D eigenvalue weighted by atomic mass is 16.2. The van der Waals surface area contributed by atoms with Crippen LogP contribution < -0.4 is 10.4 Å². The van der Waals surface area contributed by atoms with E-state index in [4.69, 9.17) is 0 Å². The van der Waals surface area contributed by atoms with Crippen LogP contribution in [0.15, 0.2) is 30.3 Å². The van der Waals surface area contributed by atoms with Crippen molar-refractivity contribution >= 4 is 11.7 Å². The molecule has 0 spiro atoms. The van der Waals surface area contributed by atoms with Crippen molar-refractivity contribution in [3.05, 3.63) is 53.0 Å². The van der Waals surface area contributed by atoms with Gasteiger partial charge < -0.3 is 4.90 Å². The molecule has 32 heavy (non-hydrogen) atoms. The molecule has 1 saturated heterocycles. The predicted molar refractivity (Wildman–Crippen MR) is 125 cm³/mol. The number of hydrogen-bond donors (Lipinski definition) is 1. The molecule has 170 valence electrons. The molecule has 0 atom stereocenters. The van der Waals surface area contributed by atoms with E-state index in [1.54, 1.807) is 11.1 Å². The van der Waals surface area contributed by atoms with Crippen molar-refractivity contribution in [1.82, 2.24) is 25.2 Å². The number of hydrogen-bond acceptors (Lipinski definition) is 7. The standard InChI is InChI=1S/C24H33N7O/c1-18-14-22(27-21(15-25)26-18)31(17-24(2,3)4)28-23(32)20-8-6-19(7-9-20)16-30-12-10-29(5)11-13-30/h6-9,14H,10-13,16-17H2,1-5H3,(H,28,32). The number of hydrazine groups is 1. The smallest absolute Gasteiger partial charge is 0.269 e. The summed E-state index contributed by atoms with van der Waals surface area (Å²) in [5.41, 5.74) is 5.32. The molecule has 1 fully saturated rings. The Balaban J connectivity index is 1.72. The van der Waals surface area contributed by atoms with Gasteiger partial charge >= 0.3 is 0 Å². The number of nitriles is 1. The van der Waals surface area contributed by atoms with E-state index in [1.807, 2.05) is 37.3 Å². The Hall–Kier alpha value is -3.02. The molecule has 0 radical (unpaired) electrons. The Labute approximate surface area is 190 Å². The van der Waals surface area contributed by atoms with E-state index in [2.05, 4.69) is 53.0 Å². The number of aryl methyl sites for hydroxylation is 1. The van der Waals surface area contributed by atoms with Crippen LogP contribution in [0.3, 0.4) is 0 Å². The highest BCUT2D eigenvalue weighted by molar-refractivity contribution is 5.95. The zero-order valence-corrected chi connectivity index (χ0v) is 19.7. The molecule has 8 heteroatoms. The molecule has 8 nitrogen and oxygen atoms in total. The second kappa shape index (κ2) is 10.1. The number of rotatable bonds is 6. The average molecular weight is 436 g/mol. The SMILES string of the molecule is Cc1cc(N(CC(C)(C)C)NC(=O)c2ccc(CN3CCN(C)CC3)cc2)nc(C#N)n1. The van der Waals surface area contributed by atoms with E-state index in [-0.39, 0.29) is 17.1 Å². The molecule has 1 aromatic heterocycles. The number of anilines is 1. The maximum Gasteiger partial charge on any atom is 0.269 e. The van der Waals surface area contributed by atoms with Gasteiger partial charge in [-0.05, 0) is 37.1 Å². The number of benzene rings is 1. The van der Waals surface area contributed by atoms with Crippen LogP contribution in [0.4, 0.5) is 5.82 Å². The Morgan fingerprint density at radius 2 is 1.81 bits per heavy atom. The molecule has 1 aromatic carbocycles. The van der Waals surface area contributed by atoms with Gasteiger partial charge in [-0.15, -0.1) is 0 Å². The minimum absolute atomic E-state index is 0.0846. The Morgan fingerprint density at radius 3 is 2.41 bits per heavy atom. The van der Waals surface area contributed by atoms with Gasteiger partial charge in [-0.1, -0.05) is 32.9 Å². The highest BCUT2D eigenvalue weighted by Gasteiger charge is 2.22. The van der Waals surface area contributed by atoms with Crippen LogP contribution in [0, 0.1) is 23.7 Å². The van der Waals surface area contributed by atoms with Crippen LogP contribution in [0.25, 0.3) is 0 Å². The van der Waals surface area contributed by atoms with Crippen LogP contribution in [0.1, 0.15) is 48.2 Å². The molecule has 0 aliphatic carbocycles. The molecule has 1 N–H and O–H groups in total. The van der Waals surface area contributed by atoms with Gasteiger partial charge in [0.25, 0.3) is 5.91 Å². The fraction of sp³-hybridized carbons (Fsp3) is 0.500. The third-order valence-electron chi connectivity index (χ3n) is 5.30. The summed E-state index contributed by atoms with van der Waals surface area (Å²) >= 11 is 0. The summed E-state index contributed by atoms with van der Waals surface area (Å²) in [7, 11) is 2.15. The lowest BCUT2D eigenvalue weighted by Crippen LogP contribution is -2.47. The number of nitrogens with zero attached hydrogens (tertiary/aromatic N) is 6. The van der Waals surface area contributed by atoms with Crippen LogP contribution in [0.5, 0.6) is 0 Å².